The van der Waals surface area contributed by atoms with E-state index in [2.05, 4.69) is 57.7 Å². The van der Waals surface area contributed by atoms with Gasteiger partial charge < -0.3 is 5.73 Å². The van der Waals surface area contributed by atoms with Gasteiger partial charge in [0, 0.05) is 26.2 Å². The largest absolute Gasteiger partial charge is 0.327 e. The molecule has 0 bridgehead atoms. The molecule has 3 heteroatoms. The zero-order valence-corrected chi connectivity index (χ0v) is 13.9. The maximum absolute atomic E-state index is 6.68. The van der Waals surface area contributed by atoms with Crippen molar-refractivity contribution in [2.45, 2.75) is 43.6 Å². The van der Waals surface area contributed by atoms with Crippen molar-refractivity contribution in [3.05, 3.63) is 56.7 Å². The Labute approximate surface area is 133 Å². The van der Waals surface area contributed by atoms with Gasteiger partial charge in [-0.25, -0.2) is 0 Å². The van der Waals surface area contributed by atoms with E-state index in [1.54, 1.807) is 11.3 Å². The van der Waals surface area contributed by atoms with E-state index < -0.39 is 0 Å². The number of rotatable bonds is 4. The molecule has 0 saturated heterocycles. The van der Waals surface area contributed by atoms with Crippen LogP contribution in [-0.4, -0.2) is 6.04 Å². The summed E-state index contributed by atoms with van der Waals surface area (Å²) in [6, 6.07) is 13.3. The number of benzene rings is 1. The van der Waals surface area contributed by atoms with E-state index in [1.807, 2.05) is 0 Å². The van der Waals surface area contributed by atoms with E-state index in [4.69, 9.17) is 5.73 Å². The molecule has 0 aliphatic heterocycles. The Kier molecular flexibility index (Phi) is 4.29. The van der Waals surface area contributed by atoms with Gasteiger partial charge in [0.2, 0.25) is 0 Å². The normalized spacial score (nSPS) is 19.1. The van der Waals surface area contributed by atoms with Crippen LogP contribution in [0.15, 0.2) is 46.3 Å². The second-order valence-corrected chi connectivity index (χ2v) is 7.68. The summed E-state index contributed by atoms with van der Waals surface area (Å²) in [4.78, 5) is 1.38. The Morgan fingerprint density at radius 1 is 1.20 bits per heavy atom. The van der Waals surface area contributed by atoms with Gasteiger partial charge in [0.05, 0.1) is 0 Å². The van der Waals surface area contributed by atoms with Gasteiger partial charge in [-0.1, -0.05) is 43.2 Å². The van der Waals surface area contributed by atoms with Gasteiger partial charge in [-0.2, -0.15) is 0 Å². The molecule has 1 heterocycles. The Bertz CT molecular complexity index is 557. The van der Waals surface area contributed by atoms with Gasteiger partial charge >= 0.3 is 0 Å². The second-order valence-electron chi connectivity index (χ2n) is 5.77. The molecule has 2 N–H and O–H groups in total. The summed E-state index contributed by atoms with van der Waals surface area (Å²) < 4.78 is 1.17. The van der Waals surface area contributed by atoms with E-state index in [0.29, 0.717) is 0 Å². The summed E-state index contributed by atoms with van der Waals surface area (Å²) in [5.74, 6) is 0. The molecule has 1 aromatic heterocycles. The number of halogens is 1. The Morgan fingerprint density at radius 3 is 2.50 bits per heavy atom. The van der Waals surface area contributed by atoms with Crippen LogP contribution in [0.25, 0.3) is 0 Å². The predicted molar refractivity (Wildman–Crippen MR) is 90.3 cm³/mol. The van der Waals surface area contributed by atoms with Crippen LogP contribution in [0.5, 0.6) is 0 Å². The number of nitrogens with two attached hydrogens (primary N) is 1. The smallest absolute Gasteiger partial charge is 0.0285 e. The first-order valence-corrected chi connectivity index (χ1v) is 8.92. The molecule has 2 aromatic rings. The van der Waals surface area contributed by atoms with Gasteiger partial charge in [-0.3, -0.25) is 0 Å². The highest BCUT2D eigenvalue weighted by Crippen LogP contribution is 2.44. The standard InChI is InChI=1S/C17H20BrNS/c18-14-10-15(20-12-14)11-16(19)17(8-4-5-9-17)13-6-2-1-3-7-13/h1-3,6-7,10,12,16H,4-5,8-9,11,19H2. The maximum Gasteiger partial charge on any atom is 0.0285 e. The zero-order chi connectivity index (χ0) is 14.0. The highest BCUT2D eigenvalue weighted by molar-refractivity contribution is 9.10. The summed E-state index contributed by atoms with van der Waals surface area (Å²) in [6.45, 7) is 0. The van der Waals surface area contributed by atoms with Gasteiger partial charge in [0.25, 0.3) is 0 Å². The van der Waals surface area contributed by atoms with Crippen LogP contribution < -0.4 is 5.73 Å². The highest BCUT2D eigenvalue weighted by Gasteiger charge is 2.40. The lowest BCUT2D eigenvalue weighted by Gasteiger charge is -2.36. The predicted octanol–water partition coefficient (Wildman–Crippen LogP) is 4.89. The average Bonchev–Trinajstić information content (AvgIpc) is 3.10. The molecule has 0 spiro atoms. The molecular formula is C17H20BrNS. The van der Waals surface area contributed by atoms with Crippen molar-refractivity contribution in [1.29, 1.82) is 0 Å². The number of hydrogen-bond donors (Lipinski definition) is 1. The Balaban J connectivity index is 1.87. The zero-order valence-electron chi connectivity index (χ0n) is 11.5. The first-order chi connectivity index (χ1) is 9.71. The van der Waals surface area contributed by atoms with Crippen LogP contribution in [-0.2, 0) is 11.8 Å². The fourth-order valence-corrected chi connectivity index (χ4v) is 5.03. The third-order valence-electron chi connectivity index (χ3n) is 4.60. The van der Waals surface area contributed by atoms with E-state index >= 15 is 0 Å². The second kappa shape index (κ2) is 6.00. The summed E-state index contributed by atoms with van der Waals surface area (Å²) in [5, 5.41) is 2.14. The quantitative estimate of drug-likeness (QED) is 0.835. The topological polar surface area (TPSA) is 26.0 Å². The number of thiophene rings is 1. The molecule has 1 nitrogen and oxygen atoms in total. The van der Waals surface area contributed by atoms with Crippen molar-refractivity contribution in [3.63, 3.8) is 0 Å². The molecule has 1 saturated carbocycles. The van der Waals surface area contributed by atoms with Gasteiger partial charge in [0.1, 0.15) is 0 Å². The van der Waals surface area contributed by atoms with E-state index in [-0.39, 0.29) is 11.5 Å². The molecule has 1 fully saturated rings. The fourth-order valence-electron chi connectivity index (χ4n) is 3.52. The first-order valence-electron chi connectivity index (χ1n) is 7.25. The van der Waals surface area contributed by atoms with Crippen molar-refractivity contribution in [2.75, 3.05) is 0 Å². The lowest BCUT2D eigenvalue weighted by Crippen LogP contribution is -2.44. The van der Waals surface area contributed by atoms with Crippen LogP contribution in [0, 0.1) is 0 Å². The van der Waals surface area contributed by atoms with Gasteiger partial charge in [-0.15, -0.1) is 11.3 Å². The van der Waals surface area contributed by atoms with E-state index in [9.17, 15) is 0 Å². The molecular weight excluding hydrogens is 330 g/mol. The minimum Gasteiger partial charge on any atom is -0.327 e. The molecule has 1 atom stereocenters. The first kappa shape index (κ1) is 14.3. The molecule has 3 rings (SSSR count). The van der Waals surface area contributed by atoms with Crippen molar-refractivity contribution in [2.24, 2.45) is 5.73 Å². The monoisotopic (exact) mass is 349 g/mol. The minimum atomic E-state index is 0.178. The van der Waals surface area contributed by atoms with Crippen molar-refractivity contribution in [1.82, 2.24) is 0 Å². The lowest BCUT2D eigenvalue weighted by atomic mass is 9.72. The highest BCUT2D eigenvalue weighted by atomic mass is 79.9. The summed E-state index contributed by atoms with van der Waals surface area (Å²) in [7, 11) is 0. The van der Waals surface area contributed by atoms with E-state index in [0.717, 1.165) is 6.42 Å². The third kappa shape index (κ3) is 2.72. The van der Waals surface area contributed by atoms with Crippen LogP contribution >= 0.6 is 27.3 Å². The lowest BCUT2D eigenvalue weighted by molar-refractivity contribution is 0.348. The Hall–Kier alpha value is -0.640. The Morgan fingerprint density at radius 2 is 1.90 bits per heavy atom. The van der Waals surface area contributed by atoms with Crippen molar-refractivity contribution in [3.8, 4) is 0 Å². The SMILES string of the molecule is NC(Cc1cc(Br)cs1)C1(c2ccccc2)CCCC1. The molecule has 0 amide bonds. The fraction of sp³-hybridized carbons (Fsp3) is 0.412. The minimum absolute atomic E-state index is 0.178. The number of hydrogen-bond acceptors (Lipinski definition) is 2. The average molecular weight is 350 g/mol. The van der Waals surface area contributed by atoms with Crippen molar-refractivity contribution < 1.29 is 0 Å². The van der Waals surface area contributed by atoms with Crippen LogP contribution in [0.2, 0.25) is 0 Å². The summed E-state index contributed by atoms with van der Waals surface area (Å²) in [5.41, 5.74) is 8.29. The van der Waals surface area contributed by atoms with Crippen molar-refractivity contribution >= 4 is 27.3 Å². The summed E-state index contributed by atoms with van der Waals surface area (Å²) >= 11 is 5.34. The molecule has 1 aliphatic rings. The molecule has 1 aliphatic carbocycles. The maximum atomic E-state index is 6.68. The molecule has 0 radical (unpaired) electrons. The van der Waals surface area contributed by atoms with Crippen LogP contribution in [0.1, 0.15) is 36.1 Å². The van der Waals surface area contributed by atoms with E-state index in [1.165, 1.54) is 40.6 Å². The molecule has 20 heavy (non-hydrogen) atoms. The summed E-state index contributed by atoms with van der Waals surface area (Å²) in [6.07, 6.45) is 6.04. The molecule has 106 valence electrons. The third-order valence-corrected chi connectivity index (χ3v) is 6.32. The van der Waals surface area contributed by atoms with Crippen LogP contribution in [0.3, 0.4) is 0 Å². The molecule has 1 unspecified atom stereocenters. The molecule has 1 aromatic carbocycles. The van der Waals surface area contributed by atoms with Gasteiger partial charge in [-0.05, 0) is 46.8 Å². The van der Waals surface area contributed by atoms with Crippen LogP contribution in [0.4, 0.5) is 0 Å². The van der Waals surface area contributed by atoms with Gasteiger partial charge in [0.15, 0.2) is 0 Å².